The Morgan fingerprint density at radius 1 is 1.21 bits per heavy atom. The first kappa shape index (κ1) is 20.0. The fourth-order valence-electron chi connectivity index (χ4n) is 3.51. The van der Waals surface area contributed by atoms with Crippen molar-refractivity contribution in [3.05, 3.63) is 51.6 Å². The normalized spacial score (nSPS) is 23.2. The number of benzene rings is 1. The second-order valence-corrected chi connectivity index (χ2v) is 6.99. The van der Waals surface area contributed by atoms with Gasteiger partial charge in [-0.1, -0.05) is 18.2 Å². The van der Waals surface area contributed by atoms with Crippen molar-refractivity contribution in [2.45, 2.75) is 32.1 Å². The van der Waals surface area contributed by atoms with Gasteiger partial charge < -0.3 is 14.7 Å². The van der Waals surface area contributed by atoms with Crippen molar-refractivity contribution < 1.29 is 24.4 Å². The van der Waals surface area contributed by atoms with Gasteiger partial charge in [0.1, 0.15) is 6.10 Å². The molecule has 1 aromatic carbocycles. The van der Waals surface area contributed by atoms with E-state index in [2.05, 4.69) is 4.90 Å². The summed E-state index contributed by atoms with van der Waals surface area (Å²) in [6, 6.07) is 6.49. The summed E-state index contributed by atoms with van der Waals surface area (Å²) < 4.78 is 5.62. The molecule has 1 amide bonds. The number of aliphatic carboxylic acids is 1. The molecule has 1 N–H and O–H groups in total. The van der Waals surface area contributed by atoms with Crippen LogP contribution in [0.5, 0.6) is 0 Å². The summed E-state index contributed by atoms with van der Waals surface area (Å²) in [4.78, 5) is 38.0. The Kier molecular flexibility index (Phi) is 6.05. The lowest BCUT2D eigenvalue weighted by molar-refractivity contribution is -0.384. The molecule has 150 valence electrons. The number of amides is 1. The second kappa shape index (κ2) is 8.49. The number of hydrogen-bond acceptors (Lipinski definition) is 6. The van der Waals surface area contributed by atoms with Gasteiger partial charge in [-0.3, -0.25) is 19.8 Å². The SMILES string of the molecule is CC1OC(C(=O)N2CCN(Cc3ccc([N+](=O)[O-])cc3)CC2)CC=C1C(=O)O. The van der Waals surface area contributed by atoms with Crippen molar-refractivity contribution in [2.24, 2.45) is 0 Å². The summed E-state index contributed by atoms with van der Waals surface area (Å²) >= 11 is 0. The van der Waals surface area contributed by atoms with Gasteiger partial charge in [-0.2, -0.15) is 0 Å². The Hall–Kier alpha value is -2.78. The smallest absolute Gasteiger partial charge is 0.333 e. The highest BCUT2D eigenvalue weighted by Crippen LogP contribution is 2.22. The van der Waals surface area contributed by atoms with E-state index in [4.69, 9.17) is 9.84 Å². The molecule has 2 aliphatic rings. The third-order valence-corrected chi connectivity index (χ3v) is 5.12. The molecule has 1 aromatic rings. The van der Waals surface area contributed by atoms with E-state index in [9.17, 15) is 19.7 Å². The fraction of sp³-hybridized carbons (Fsp3) is 0.474. The van der Waals surface area contributed by atoms with Gasteiger partial charge in [0.05, 0.1) is 16.6 Å². The maximum atomic E-state index is 12.7. The molecular formula is C19H23N3O6. The van der Waals surface area contributed by atoms with E-state index in [1.165, 1.54) is 12.1 Å². The Morgan fingerprint density at radius 2 is 1.86 bits per heavy atom. The molecule has 0 spiro atoms. The van der Waals surface area contributed by atoms with Crippen LogP contribution in [-0.2, 0) is 20.9 Å². The van der Waals surface area contributed by atoms with Crippen LogP contribution in [0.2, 0.25) is 0 Å². The molecule has 1 saturated heterocycles. The van der Waals surface area contributed by atoms with Crippen LogP contribution in [0.3, 0.4) is 0 Å². The van der Waals surface area contributed by atoms with Gasteiger partial charge in [-0.05, 0) is 12.5 Å². The second-order valence-electron chi connectivity index (χ2n) is 6.99. The summed E-state index contributed by atoms with van der Waals surface area (Å²) in [5.74, 6) is -1.12. The first-order valence-electron chi connectivity index (χ1n) is 9.18. The number of nitro benzene ring substituents is 1. The van der Waals surface area contributed by atoms with Gasteiger partial charge in [0.2, 0.25) is 0 Å². The van der Waals surface area contributed by atoms with Crippen LogP contribution < -0.4 is 0 Å². The van der Waals surface area contributed by atoms with E-state index in [0.29, 0.717) is 32.7 Å². The number of ether oxygens (including phenoxy) is 1. The van der Waals surface area contributed by atoms with Crippen LogP contribution >= 0.6 is 0 Å². The Labute approximate surface area is 162 Å². The highest BCUT2D eigenvalue weighted by atomic mass is 16.6. The number of carboxylic acids is 1. The fourth-order valence-corrected chi connectivity index (χ4v) is 3.51. The predicted molar refractivity (Wildman–Crippen MR) is 99.6 cm³/mol. The number of nitrogens with zero attached hydrogens (tertiary/aromatic N) is 3. The maximum absolute atomic E-state index is 12.7. The van der Waals surface area contributed by atoms with Crippen LogP contribution in [0.15, 0.2) is 35.9 Å². The van der Waals surface area contributed by atoms with E-state index >= 15 is 0 Å². The molecule has 2 aliphatic heterocycles. The number of nitro groups is 1. The molecule has 0 saturated carbocycles. The molecule has 2 atom stereocenters. The Morgan fingerprint density at radius 3 is 2.39 bits per heavy atom. The molecule has 0 aromatic heterocycles. The van der Waals surface area contributed by atoms with Crippen molar-refractivity contribution in [1.29, 1.82) is 0 Å². The Bertz CT molecular complexity index is 783. The molecule has 0 aliphatic carbocycles. The molecule has 9 nitrogen and oxygen atoms in total. The highest BCUT2D eigenvalue weighted by Gasteiger charge is 2.33. The number of piperazine rings is 1. The van der Waals surface area contributed by atoms with E-state index in [1.807, 2.05) is 0 Å². The van der Waals surface area contributed by atoms with Crippen molar-refractivity contribution in [3.8, 4) is 0 Å². The minimum Gasteiger partial charge on any atom is -0.478 e. The topological polar surface area (TPSA) is 113 Å². The zero-order valence-corrected chi connectivity index (χ0v) is 15.6. The molecule has 9 heteroatoms. The number of non-ortho nitro benzene ring substituents is 1. The van der Waals surface area contributed by atoms with E-state index in [0.717, 1.165) is 5.56 Å². The van der Waals surface area contributed by atoms with Crippen molar-refractivity contribution in [1.82, 2.24) is 9.80 Å². The van der Waals surface area contributed by atoms with Crippen molar-refractivity contribution >= 4 is 17.6 Å². The molecule has 1 fully saturated rings. The van der Waals surface area contributed by atoms with Crippen LogP contribution in [0.25, 0.3) is 0 Å². The molecule has 2 unspecified atom stereocenters. The summed E-state index contributed by atoms with van der Waals surface area (Å²) in [6.07, 6.45) is 0.598. The van der Waals surface area contributed by atoms with E-state index in [1.54, 1.807) is 30.0 Å². The van der Waals surface area contributed by atoms with Gasteiger partial charge >= 0.3 is 5.97 Å². The minimum atomic E-state index is -1.02. The van der Waals surface area contributed by atoms with Gasteiger partial charge in [0.15, 0.2) is 0 Å². The standard InChI is InChI=1S/C19H23N3O6/c1-13-16(19(24)25)6-7-17(28-13)18(23)21-10-8-20(9-11-21)12-14-2-4-15(5-3-14)22(26)27/h2-6,13,17H,7-12H2,1H3,(H,24,25). The third-order valence-electron chi connectivity index (χ3n) is 5.12. The summed E-state index contributed by atoms with van der Waals surface area (Å²) in [6.45, 7) is 4.83. The lowest BCUT2D eigenvalue weighted by Crippen LogP contribution is -2.52. The minimum absolute atomic E-state index is 0.0704. The molecule has 28 heavy (non-hydrogen) atoms. The molecule has 2 heterocycles. The zero-order valence-electron chi connectivity index (χ0n) is 15.6. The quantitative estimate of drug-likeness (QED) is 0.598. The molecule has 3 rings (SSSR count). The van der Waals surface area contributed by atoms with Crippen molar-refractivity contribution in [2.75, 3.05) is 26.2 Å². The monoisotopic (exact) mass is 389 g/mol. The molecule has 0 bridgehead atoms. The predicted octanol–water partition coefficient (Wildman–Crippen LogP) is 1.43. The Balaban J connectivity index is 1.50. The molecule has 0 radical (unpaired) electrons. The van der Waals surface area contributed by atoms with Gasteiger partial charge in [-0.25, -0.2) is 4.79 Å². The first-order chi connectivity index (χ1) is 13.3. The van der Waals surface area contributed by atoms with Crippen LogP contribution in [0.1, 0.15) is 18.9 Å². The number of carbonyl (C=O) groups excluding carboxylic acids is 1. The van der Waals surface area contributed by atoms with E-state index in [-0.39, 0.29) is 23.6 Å². The average molecular weight is 389 g/mol. The van der Waals surface area contributed by atoms with Gasteiger partial charge in [-0.15, -0.1) is 0 Å². The van der Waals surface area contributed by atoms with Crippen LogP contribution in [0.4, 0.5) is 5.69 Å². The van der Waals surface area contributed by atoms with E-state index < -0.39 is 23.1 Å². The summed E-state index contributed by atoms with van der Waals surface area (Å²) in [5.41, 5.74) is 1.25. The van der Waals surface area contributed by atoms with Gasteiger partial charge in [0, 0.05) is 51.3 Å². The largest absolute Gasteiger partial charge is 0.478 e. The summed E-state index contributed by atoms with van der Waals surface area (Å²) in [5, 5.41) is 19.8. The number of carbonyl (C=O) groups is 2. The van der Waals surface area contributed by atoms with Crippen molar-refractivity contribution in [3.63, 3.8) is 0 Å². The van der Waals surface area contributed by atoms with Crippen LogP contribution in [0, 0.1) is 10.1 Å². The maximum Gasteiger partial charge on any atom is 0.333 e. The highest BCUT2D eigenvalue weighted by molar-refractivity contribution is 5.89. The lowest BCUT2D eigenvalue weighted by Gasteiger charge is -2.37. The van der Waals surface area contributed by atoms with Crippen LogP contribution in [-0.4, -0.2) is 70.1 Å². The van der Waals surface area contributed by atoms with Gasteiger partial charge in [0.25, 0.3) is 11.6 Å². The average Bonchev–Trinajstić information content (AvgIpc) is 2.68. The number of carboxylic acid groups (broad SMARTS) is 1. The third kappa shape index (κ3) is 4.55. The molecular weight excluding hydrogens is 366 g/mol. The zero-order chi connectivity index (χ0) is 20.3. The first-order valence-corrected chi connectivity index (χ1v) is 9.18. The lowest BCUT2D eigenvalue weighted by atomic mass is 10.0. The number of hydrogen-bond donors (Lipinski definition) is 1. The number of rotatable bonds is 5. The summed E-state index contributed by atoms with van der Waals surface area (Å²) in [7, 11) is 0.